The fraction of sp³-hybridized carbons (Fsp3) is 0.700. The maximum absolute atomic E-state index is 10.4. The van der Waals surface area contributed by atoms with Crippen molar-refractivity contribution in [1.29, 1.82) is 0 Å². The van der Waals surface area contributed by atoms with E-state index in [1.54, 1.807) is 6.08 Å². The lowest BCUT2D eigenvalue weighted by Crippen LogP contribution is -2.26. The van der Waals surface area contributed by atoms with Gasteiger partial charge in [-0.1, -0.05) is 29.4 Å². The molecule has 0 radical (unpaired) electrons. The van der Waals surface area contributed by atoms with E-state index in [0.717, 1.165) is 30.4 Å². The smallest absolute Gasteiger partial charge is 0.0748 e. The van der Waals surface area contributed by atoms with Crippen LogP contribution in [-0.2, 0) is 0 Å². The molecule has 23 heavy (non-hydrogen) atoms. The molecule has 0 heterocycles. The van der Waals surface area contributed by atoms with E-state index in [4.69, 9.17) is 5.11 Å². The van der Waals surface area contributed by atoms with Gasteiger partial charge in [0.25, 0.3) is 0 Å². The Labute approximate surface area is 142 Å². The van der Waals surface area contributed by atoms with Crippen molar-refractivity contribution in [2.24, 2.45) is 0 Å². The van der Waals surface area contributed by atoms with Gasteiger partial charge < -0.3 is 15.3 Å². The third-order valence-corrected chi connectivity index (χ3v) is 4.17. The summed E-state index contributed by atoms with van der Waals surface area (Å²) in [5.74, 6) is 0. The molecule has 2 unspecified atom stereocenters. The summed E-state index contributed by atoms with van der Waals surface area (Å²) in [6, 6.07) is 0. The lowest BCUT2D eigenvalue weighted by Gasteiger charge is -2.25. The molecule has 0 fully saturated rings. The zero-order valence-electron chi connectivity index (χ0n) is 15.6. The molecule has 3 nitrogen and oxygen atoms in total. The lowest BCUT2D eigenvalue weighted by atomic mass is 9.90. The molecular weight excluding hydrogens is 288 g/mol. The Morgan fingerprint density at radius 2 is 1.70 bits per heavy atom. The first kappa shape index (κ1) is 22.1. The van der Waals surface area contributed by atoms with Crippen LogP contribution in [0.15, 0.2) is 34.9 Å². The molecule has 3 N–H and O–H groups in total. The van der Waals surface area contributed by atoms with E-state index < -0.39 is 11.7 Å². The fourth-order valence-corrected chi connectivity index (χ4v) is 2.42. The maximum atomic E-state index is 10.4. The van der Waals surface area contributed by atoms with E-state index in [0.29, 0.717) is 19.3 Å². The minimum Gasteiger partial charge on any atom is -0.392 e. The molecule has 0 aromatic heterocycles. The summed E-state index contributed by atoms with van der Waals surface area (Å²) >= 11 is 0. The largest absolute Gasteiger partial charge is 0.392 e. The Morgan fingerprint density at radius 1 is 1.04 bits per heavy atom. The van der Waals surface area contributed by atoms with Gasteiger partial charge in [0.05, 0.1) is 18.3 Å². The zero-order valence-corrected chi connectivity index (χ0v) is 15.6. The molecule has 3 heteroatoms. The van der Waals surface area contributed by atoms with Gasteiger partial charge in [0.1, 0.15) is 0 Å². The average Bonchev–Trinajstić information content (AvgIpc) is 2.44. The first-order chi connectivity index (χ1) is 10.7. The highest BCUT2D eigenvalue weighted by atomic mass is 16.3. The molecule has 0 saturated heterocycles. The molecule has 0 rings (SSSR count). The van der Waals surface area contributed by atoms with Gasteiger partial charge in [-0.15, -0.1) is 0 Å². The fourth-order valence-electron chi connectivity index (χ4n) is 2.42. The number of hydrogen-bond acceptors (Lipinski definition) is 3. The van der Waals surface area contributed by atoms with Crippen molar-refractivity contribution in [3.05, 3.63) is 34.9 Å². The number of allylic oxidation sites excluding steroid dienone is 4. The van der Waals surface area contributed by atoms with Crippen LogP contribution in [0.25, 0.3) is 0 Å². The Balaban J connectivity index is 4.20. The second-order valence-electron chi connectivity index (χ2n) is 7.10. The topological polar surface area (TPSA) is 60.7 Å². The van der Waals surface area contributed by atoms with Gasteiger partial charge in [-0.25, -0.2) is 0 Å². The summed E-state index contributed by atoms with van der Waals surface area (Å²) in [6.07, 6.45) is 10.0. The van der Waals surface area contributed by atoms with Crippen molar-refractivity contribution in [2.45, 2.75) is 84.8 Å². The van der Waals surface area contributed by atoms with Crippen LogP contribution in [0.1, 0.15) is 73.1 Å². The third-order valence-electron chi connectivity index (χ3n) is 4.17. The van der Waals surface area contributed by atoms with Gasteiger partial charge >= 0.3 is 0 Å². The number of hydrogen-bond donors (Lipinski definition) is 3. The molecule has 0 spiro atoms. The molecule has 2 atom stereocenters. The van der Waals surface area contributed by atoms with Gasteiger partial charge in [-0.05, 0) is 78.7 Å². The van der Waals surface area contributed by atoms with E-state index >= 15 is 0 Å². The van der Waals surface area contributed by atoms with Crippen molar-refractivity contribution in [1.82, 2.24) is 0 Å². The van der Waals surface area contributed by atoms with E-state index in [2.05, 4.69) is 26.0 Å². The second kappa shape index (κ2) is 11.6. The van der Waals surface area contributed by atoms with E-state index in [-0.39, 0.29) is 6.61 Å². The molecular formula is C20H36O3. The molecule has 0 aliphatic heterocycles. The third kappa shape index (κ3) is 12.2. The molecule has 0 aromatic carbocycles. The summed E-state index contributed by atoms with van der Waals surface area (Å²) in [4.78, 5) is 0. The lowest BCUT2D eigenvalue weighted by molar-refractivity contribution is 0.0270. The van der Waals surface area contributed by atoms with Crippen LogP contribution in [0.2, 0.25) is 0 Å². The highest BCUT2D eigenvalue weighted by Gasteiger charge is 2.21. The first-order valence-corrected chi connectivity index (χ1v) is 8.65. The monoisotopic (exact) mass is 324 g/mol. The minimum absolute atomic E-state index is 0.0762. The Kier molecular flexibility index (Phi) is 11.2. The minimum atomic E-state index is -0.749. The van der Waals surface area contributed by atoms with Crippen molar-refractivity contribution in [3.63, 3.8) is 0 Å². The molecule has 134 valence electrons. The summed E-state index contributed by atoms with van der Waals surface area (Å²) < 4.78 is 0. The highest BCUT2D eigenvalue weighted by molar-refractivity contribution is 5.09. The van der Waals surface area contributed by atoms with Crippen molar-refractivity contribution >= 4 is 0 Å². The summed E-state index contributed by atoms with van der Waals surface area (Å²) in [5, 5.41) is 29.4. The van der Waals surface area contributed by atoms with Crippen LogP contribution < -0.4 is 0 Å². The van der Waals surface area contributed by atoms with E-state index in [9.17, 15) is 10.2 Å². The summed E-state index contributed by atoms with van der Waals surface area (Å²) in [5.41, 5.74) is 2.65. The van der Waals surface area contributed by atoms with E-state index in [1.165, 1.54) is 5.57 Å². The van der Waals surface area contributed by atoms with Crippen molar-refractivity contribution in [2.75, 3.05) is 6.61 Å². The number of aliphatic hydroxyl groups is 3. The zero-order chi connectivity index (χ0) is 17.9. The Morgan fingerprint density at radius 3 is 2.26 bits per heavy atom. The van der Waals surface area contributed by atoms with Crippen LogP contribution in [0, 0.1) is 0 Å². The SMILES string of the molecule is CC(C)=CCC=C(C)C(O)CCC(C)(O)CCCC(C)=CCO. The van der Waals surface area contributed by atoms with Gasteiger partial charge in [-0.2, -0.15) is 0 Å². The number of rotatable bonds is 11. The maximum Gasteiger partial charge on any atom is 0.0748 e. The Hall–Kier alpha value is -0.900. The van der Waals surface area contributed by atoms with E-state index in [1.807, 2.05) is 20.8 Å². The average molecular weight is 325 g/mol. The van der Waals surface area contributed by atoms with Crippen LogP contribution in [0.5, 0.6) is 0 Å². The van der Waals surface area contributed by atoms with Crippen LogP contribution in [-0.4, -0.2) is 33.6 Å². The van der Waals surface area contributed by atoms with Gasteiger partial charge in [-0.3, -0.25) is 0 Å². The molecule has 0 saturated carbocycles. The molecule has 0 aromatic rings. The van der Waals surface area contributed by atoms with Crippen LogP contribution >= 0.6 is 0 Å². The number of aliphatic hydroxyl groups excluding tert-OH is 2. The van der Waals surface area contributed by atoms with Crippen molar-refractivity contribution < 1.29 is 15.3 Å². The van der Waals surface area contributed by atoms with Crippen molar-refractivity contribution in [3.8, 4) is 0 Å². The van der Waals surface area contributed by atoms with Crippen LogP contribution in [0.4, 0.5) is 0 Å². The molecule has 0 aliphatic rings. The predicted molar refractivity (Wildman–Crippen MR) is 98.4 cm³/mol. The van der Waals surface area contributed by atoms with Gasteiger partial charge in [0.15, 0.2) is 0 Å². The normalized spacial score (nSPS) is 16.9. The molecule has 0 aliphatic carbocycles. The highest BCUT2D eigenvalue weighted by Crippen LogP contribution is 2.23. The second-order valence-corrected chi connectivity index (χ2v) is 7.10. The standard InChI is InChI=1S/C20H36O3/c1-16(2)8-6-10-18(4)19(22)11-14-20(5,23)13-7-9-17(3)12-15-21/h8,10,12,19,21-23H,6-7,9,11,13-15H2,1-5H3. The summed E-state index contributed by atoms with van der Waals surface area (Å²) in [6.45, 7) is 9.99. The van der Waals surface area contributed by atoms with Gasteiger partial charge in [0, 0.05) is 0 Å². The Bertz CT molecular complexity index is 413. The van der Waals surface area contributed by atoms with Gasteiger partial charge in [0.2, 0.25) is 0 Å². The molecule has 0 amide bonds. The predicted octanol–water partition coefficient (Wildman–Crippen LogP) is 4.29. The molecule has 0 bridgehead atoms. The first-order valence-electron chi connectivity index (χ1n) is 8.65. The summed E-state index contributed by atoms with van der Waals surface area (Å²) in [7, 11) is 0. The van der Waals surface area contributed by atoms with Crippen LogP contribution in [0.3, 0.4) is 0 Å². The quantitative estimate of drug-likeness (QED) is 0.497.